The first kappa shape index (κ1) is 14.1. The van der Waals surface area contributed by atoms with Gasteiger partial charge in [-0.05, 0) is 25.3 Å². The van der Waals surface area contributed by atoms with E-state index < -0.39 is 0 Å². The molecule has 4 nitrogen and oxygen atoms in total. The molecule has 1 aliphatic carbocycles. The van der Waals surface area contributed by atoms with Gasteiger partial charge in [0.2, 0.25) is 0 Å². The van der Waals surface area contributed by atoms with E-state index in [0.717, 1.165) is 24.1 Å². The minimum Gasteiger partial charge on any atom is -0.384 e. The lowest BCUT2D eigenvalue weighted by molar-refractivity contribution is -0.0679. The molecule has 1 aromatic rings. The number of hydrogen-bond acceptors (Lipinski definition) is 4. The van der Waals surface area contributed by atoms with E-state index >= 15 is 0 Å². The fourth-order valence-corrected chi connectivity index (χ4v) is 2.77. The fraction of sp³-hybridized carbons (Fsp3) is 0.500. The molecule has 0 aliphatic heterocycles. The normalized spacial score (nSPS) is 16.1. The number of ether oxygens (including phenoxy) is 1. The Labute approximate surface area is 116 Å². The molecule has 0 spiro atoms. The van der Waals surface area contributed by atoms with E-state index in [2.05, 4.69) is 17.2 Å². The topological polar surface area (TPSA) is 58.6 Å². The molecule has 0 atom stereocenters. The van der Waals surface area contributed by atoms with Crippen LogP contribution in [0.3, 0.4) is 0 Å². The van der Waals surface area contributed by atoms with Crippen LogP contribution < -0.4 is 5.32 Å². The summed E-state index contributed by atoms with van der Waals surface area (Å²) in [5.41, 5.74) is 0.448. The third-order valence-corrected chi connectivity index (χ3v) is 4.27. The monoisotopic (exact) mass is 279 g/mol. The first-order valence-electron chi connectivity index (χ1n) is 6.21. The van der Waals surface area contributed by atoms with Crippen molar-refractivity contribution in [3.05, 3.63) is 21.9 Å². The maximum Gasteiger partial charge on any atom is 0.252 e. The van der Waals surface area contributed by atoms with Crippen LogP contribution in [0, 0.1) is 11.8 Å². The lowest BCUT2D eigenvalue weighted by Gasteiger charge is -2.40. The predicted molar refractivity (Wildman–Crippen MR) is 74.2 cm³/mol. The SMILES string of the molecule is COC1(CNC(=O)c2csc(C#CCO)c2)CCC1. The van der Waals surface area contributed by atoms with Crippen molar-refractivity contribution in [2.75, 3.05) is 20.3 Å². The highest BCUT2D eigenvalue weighted by Crippen LogP contribution is 2.34. The molecule has 1 amide bonds. The van der Waals surface area contributed by atoms with Gasteiger partial charge in [0.25, 0.3) is 5.91 Å². The summed E-state index contributed by atoms with van der Waals surface area (Å²) in [7, 11) is 1.69. The van der Waals surface area contributed by atoms with Gasteiger partial charge in [-0.2, -0.15) is 0 Å². The maximum atomic E-state index is 12.0. The highest BCUT2D eigenvalue weighted by molar-refractivity contribution is 7.10. The van der Waals surface area contributed by atoms with Crippen LogP contribution in [0.25, 0.3) is 0 Å². The number of amides is 1. The number of hydrogen-bond donors (Lipinski definition) is 2. The van der Waals surface area contributed by atoms with Crippen molar-refractivity contribution < 1.29 is 14.6 Å². The number of methoxy groups -OCH3 is 1. The second-order valence-corrected chi connectivity index (χ2v) is 5.49. The molecule has 102 valence electrons. The summed E-state index contributed by atoms with van der Waals surface area (Å²) in [5, 5.41) is 13.3. The van der Waals surface area contributed by atoms with Gasteiger partial charge in [0, 0.05) is 19.0 Å². The lowest BCUT2D eigenvalue weighted by atomic mass is 9.80. The van der Waals surface area contributed by atoms with E-state index in [1.807, 2.05) is 0 Å². The Bertz CT molecular complexity index is 503. The molecule has 0 radical (unpaired) electrons. The first-order valence-corrected chi connectivity index (χ1v) is 7.09. The molecule has 1 saturated carbocycles. The standard InChI is InChI=1S/C14H17NO3S/c1-18-14(5-3-6-14)10-15-13(17)11-8-12(19-9-11)4-2-7-16/h8-9,16H,3,5-7,10H2,1H3,(H,15,17). The zero-order valence-corrected chi connectivity index (χ0v) is 11.7. The average Bonchev–Trinajstić information content (AvgIpc) is 2.84. The van der Waals surface area contributed by atoms with Crippen LogP contribution >= 0.6 is 11.3 Å². The Hall–Kier alpha value is -1.35. The van der Waals surface area contributed by atoms with Gasteiger partial charge in [-0.25, -0.2) is 0 Å². The minimum atomic E-state index is -0.171. The van der Waals surface area contributed by atoms with Gasteiger partial charge < -0.3 is 15.2 Å². The van der Waals surface area contributed by atoms with Crippen LogP contribution in [-0.4, -0.2) is 36.9 Å². The second-order valence-electron chi connectivity index (χ2n) is 4.58. The van der Waals surface area contributed by atoms with E-state index in [1.54, 1.807) is 18.6 Å². The van der Waals surface area contributed by atoms with Gasteiger partial charge >= 0.3 is 0 Å². The number of carbonyl (C=O) groups excluding carboxylic acids is 1. The number of thiophene rings is 1. The predicted octanol–water partition coefficient (Wildman–Crippen LogP) is 1.39. The van der Waals surface area contributed by atoms with Crippen LogP contribution in [-0.2, 0) is 4.74 Å². The quantitative estimate of drug-likeness (QED) is 0.819. The van der Waals surface area contributed by atoms with E-state index in [4.69, 9.17) is 9.84 Å². The van der Waals surface area contributed by atoms with Crippen molar-refractivity contribution in [1.82, 2.24) is 5.32 Å². The highest BCUT2D eigenvalue weighted by Gasteiger charge is 2.37. The van der Waals surface area contributed by atoms with E-state index in [9.17, 15) is 4.79 Å². The van der Waals surface area contributed by atoms with Crippen LogP contribution in [0.4, 0.5) is 0 Å². The molecule has 5 heteroatoms. The molecule has 1 aromatic heterocycles. The number of rotatable bonds is 4. The van der Waals surface area contributed by atoms with Gasteiger partial charge in [0.05, 0.1) is 16.0 Å². The molecule has 0 bridgehead atoms. The number of aliphatic hydroxyl groups excluding tert-OH is 1. The minimum absolute atomic E-state index is 0.100. The van der Waals surface area contributed by atoms with Gasteiger partial charge in [0.1, 0.15) is 6.61 Å². The molecule has 2 rings (SSSR count). The molecule has 0 unspecified atom stereocenters. The van der Waals surface area contributed by atoms with Gasteiger partial charge in [-0.3, -0.25) is 4.79 Å². The summed E-state index contributed by atoms with van der Waals surface area (Å²) in [6.07, 6.45) is 3.16. The van der Waals surface area contributed by atoms with Crippen molar-refractivity contribution in [2.24, 2.45) is 0 Å². The summed E-state index contributed by atoms with van der Waals surface area (Å²) >= 11 is 1.40. The van der Waals surface area contributed by atoms with Crippen molar-refractivity contribution in [1.29, 1.82) is 0 Å². The Morgan fingerprint density at radius 2 is 2.42 bits per heavy atom. The zero-order valence-electron chi connectivity index (χ0n) is 10.9. The third-order valence-electron chi connectivity index (χ3n) is 3.42. The Balaban J connectivity index is 1.91. The average molecular weight is 279 g/mol. The molecule has 19 heavy (non-hydrogen) atoms. The van der Waals surface area contributed by atoms with Crippen LogP contribution in [0.15, 0.2) is 11.4 Å². The fourth-order valence-electron chi connectivity index (χ4n) is 2.02. The molecular weight excluding hydrogens is 262 g/mol. The number of aliphatic hydroxyl groups is 1. The number of nitrogens with one attached hydrogen (secondary N) is 1. The summed E-state index contributed by atoms with van der Waals surface area (Å²) in [4.78, 5) is 12.8. The van der Waals surface area contributed by atoms with Gasteiger partial charge in [0.15, 0.2) is 0 Å². The highest BCUT2D eigenvalue weighted by atomic mass is 32.1. The molecule has 1 heterocycles. The van der Waals surface area contributed by atoms with Crippen molar-refractivity contribution >= 4 is 17.2 Å². The van der Waals surface area contributed by atoms with Crippen molar-refractivity contribution in [3.63, 3.8) is 0 Å². The Kier molecular flexibility index (Phi) is 4.59. The summed E-state index contributed by atoms with van der Waals surface area (Å²) in [6, 6.07) is 1.74. The van der Waals surface area contributed by atoms with Crippen LogP contribution in [0.2, 0.25) is 0 Å². The first-order chi connectivity index (χ1) is 9.19. The van der Waals surface area contributed by atoms with Gasteiger partial charge in [-0.1, -0.05) is 11.8 Å². The van der Waals surface area contributed by atoms with Crippen molar-refractivity contribution in [2.45, 2.75) is 24.9 Å². The zero-order chi connectivity index (χ0) is 13.7. The third kappa shape index (κ3) is 3.35. The Morgan fingerprint density at radius 3 is 3.00 bits per heavy atom. The molecule has 1 fully saturated rings. The molecule has 0 aromatic carbocycles. The molecule has 0 saturated heterocycles. The summed E-state index contributed by atoms with van der Waals surface area (Å²) in [5.74, 6) is 5.25. The Morgan fingerprint density at radius 1 is 1.63 bits per heavy atom. The van der Waals surface area contributed by atoms with E-state index in [-0.39, 0.29) is 18.1 Å². The smallest absolute Gasteiger partial charge is 0.252 e. The largest absolute Gasteiger partial charge is 0.384 e. The van der Waals surface area contributed by atoms with Crippen molar-refractivity contribution in [3.8, 4) is 11.8 Å². The maximum absolute atomic E-state index is 12.0. The molecular formula is C14H17NO3S. The van der Waals surface area contributed by atoms with E-state index in [1.165, 1.54) is 11.3 Å². The summed E-state index contributed by atoms with van der Waals surface area (Å²) < 4.78 is 5.46. The molecule has 1 aliphatic rings. The van der Waals surface area contributed by atoms with Gasteiger partial charge in [-0.15, -0.1) is 11.3 Å². The van der Waals surface area contributed by atoms with E-state index in [0.29, 0.717) is 12.1 Å². The molecule has 2 N–H and O–H groups in total. The van der Waals surface area contributed by atoms with Crippen LogP contribution in [0.1, 0.15) is 34.5 Å². The number of carbonyl (C=O) groups is 1. The second kappa shape index (κ2) is 6.20. The lowest BCUT2D eigenvalue weighted by Crippen LogP contribution is -2.49. The summed E-state index contributed by atoms with van der Waals surface area (Å²) in [6.45, 7) is 0.381. The van der Waals surface area contributed by atoms with Crippen LogP contribution in [0.5, 0.6) is 0 Å².